The Kier molecular flexibility index (Phi) is 3.00. The Balaban J connectivity index is 2.35. The zero-order valence-electron chi connectivity index (χ0n) is 9.88. The summed E-state index contributed by atoms with van der Waals surface area (Å²) in [6, 6.07) is 4.46. The third kappa shape index (κ3) is 2.04. The molecule has 2 rings (SSSR count). The van der Waals surface area contributed by atoms with Crippen molar-refractivity contribution >= 4 is 17.8 Å². The van der Waals surface area contributed by atoms with Gasteiger partial charge in [-0.3, -0.25) is 19.4 Å². The molecular weight excluding hydrogens is 253 g/mol. The fourth-order valence-electron chi connectivity index (χ4n) is 1.73. The lowest BCUT2D eigenvalue weighted by Gasteiger charge is -2.13. The topological polar surface area (TPSA) is 81.5 Å². The van der Waals surface area contributed by atoms with Gasteiger partial charge in [-0.05, 0) is 23.8 Å². The summed E-state index contributed by atoms with van der Waals surface area (Å²) in [4.78, 5) is 35.9. The van der Waals surface area contributed by atoms with Gasteiger partial charge in [0.1, 0.15) is 5.82 Å². The van der Waals surface area contributed by atoms with Crippen molar-refractivity contribution in [2.75, 3.05) is 7.05 Å². The SMILES string of the molecule is CN1C(=O)C(=O)N(Cc2cc(F)ccc2C#N)C1=O. The van der Waals surface area contributed by atoms with Crippen LogP contribution in [0.1, 0.15) is 11.1 Å². The Morgan fingerprint density at radius 3 is 2.47 bits per heavy atom. The van der Waals surface area contributed by atoms with E-state index in [0.717, 1.165) is 12.1 Å². The highest BCUT2D eigenvalue weighted by Gasteiger charge is 2.42. The first kappa shape index (κ1) is 12.7. The number of hydrogen-bond donors (Lipinski definition) is 0. The molecule has 6 nitrogen and oxygen atoms in total. The lowest BCUT2D eigenvalue weighted by atomic mass is 10.1. The van der Waals surface area contributed by atoms with Gasteiger partial charge in [-0.2, -0.15) is 5.26 Å². The Bertz CT molecular complexity index is 636. The van der Waals surface area contributed by atoms with Gasteiger partial charge in [0.25, 0.3) is 0 Å². The number of benzene rings is 1. The standard InChI is InChI=1S/C12H8FN3O3/c1-15-10(17)11(18)16(12(15)19)6-8-4-9(13)3-2-7(8)5-14/h2-4H,6H2,1H3. The van der Waals surface area contributed by atoms with Crippen LogP contribution in [0.4, 0.5) is 9.18 Å². The van der Waals surface area contributed by atoms with Crippen LogP contribution in [0.25, 0.3) is 0 Å². The molecule has 4 amide bonds. The van der Waals surface area contributed by atoms with E-state index in [1.54, 1.807) is 0 Å². The summed E-state index contributed by atoms with van der Waals surface area (Å²) in [7, 11) is 1.18. The third-order valence-corrected chi connectivity index (χ3v) is 2.77. The fraction of sp³-hybridized carbons (Fsp3) is 0.167. The molecule has 1 aromatic rings. The van der Waals surface area contributed by atoms with Gasteiger partial charge in [0.15, 0.2) is 0 Å². The molecule has 1 aliphatic rings. The minimum absolute atomic E-state index is 0.143. The molecule has 0 N–H and O–H groups in total. The molecule has 0 spiro atoms. The summed E-state index contributed by atoms with van der Waals surface area (Å²) in [5.41, 5.74) is 0.316. The number of urea groups is 1. The Morgan fingerprint density at radius 2 is 1.95 bits per heavy atom. The van der Waals surface area contributed by atoms with Crippen molar-refractivity contribution < 1.29 is 18.8 Å². The highest BCUT2D eigenvalue weighted by Crippen LogP contribution is 2.17. The van der Waals surface area contributed by atoms with Crippen LogP contribution in [0.3, 0.4) is 0 Å². The summed E-state index contributed by atoms with van der Waals surface area (Å²) >= 11 is 0. The van der Waals surface area contributed by atoms with Crippen LogP contribution < -0.4 is 0 Å². The molecule has 19 heavy (non-hydrogen) atoms. The third-order valence-electron chi connectivity index (χ3n) is 2.77. The van der Waals surface area contributed by atoms with Gasteiger partial charge in [-0.1, -0.05) is 0 Å². The van der Waals surface area contributed by atoms with Gasteiger partial charge < -0.3 is 0 Å². The van der Waals surface area contributed by atoms with Gasteiger partial charge in [-0.25, -0.2) is 9.18 Å². The minimum atomic E-state index is -0.986. The number of imide groups is 2. The number of likely N-dealkylation sites (N-methyl/N-ethyl adjacent to an activating group) is 1. The lowest BCUT2D eigenvalue weighted by Crippen LogP contribution is -2.31. The molecule has 0 atom stereocenters. The number of halogens is 1. The van der Waals surface area contributed by atoms with E-state index in [0.29, 0.717) is 9.80 Å². The second-order valence-electron chi connectivity index (χ2n) is 3.95. The van der Waals surface area contributed by atoms with E-state index < -0.39 is 23.7 Å². The van der Waals surface area contributed by atoms with Gasteiger partial charge in [-0.15, -0.1) is 0 Å². The van der Waals surface area contributed by atoms with Crippen LogP contribution in [0.2, 0.25) is 0 Å². The molecule has 0 unspecified atom stereocenters. The first-order valence-electron chi connectivity index (χ1n) is 5.27. The smallest absolute Gasteiger partial charge is 0.263 e. The van der Waals surface area contributed by atoms with Crippen molar-refractivity contribution in [3.05, 3.63) is 35.1 Å². The number of rotatable bonds is 2. The van der Waals surface area contributed by atoms with E-state index in [4.69, 9.17) is 5.26 Å². The van der Waals surface area contributed by atoms with Crippen molar-refractivity contribution in [2.24, 2.45) is 0 Å². The summed E-state index contributed by atoms with van der Waals surface area (Å²) in [6.07, 6.45) is 0. The molecule has 1 aliphatic heterocycles. The summed E-state index contributed by atoms with van der Waals surface area (Å²) < 4.78 is 13.1. The van der Waals surface area contributed by atoms with Crippen molar-refractivity contribution in [1.29, 1.82) is 5.26 Å². The maximum atomic E-state index is 13.1. The second kappa shape index (κ2) is 4.49. The highest BCUT2D eigenvalue weighted by molar-refractivity contribution is 6.44. The number of amides is 4. The average molecular weight is 261 g/mol. The predicted molar refractivity (Wildman–Crippen MR) is 59.8 cm³/mol. The predicted octanol–water partition coefficient (Wildman–Crippen LogP) is 0.618. The van der Waals surface area contributed by atoms with Crippen molar-refractivity contribution in [3.8, 4) is 6.07 Å². The van der Waals surface area contributed by atoms with E-state index in [-0.39, 0.29) is 17.7 Å². The van der Waals surface area contributed by atoms with Crippen LogP contribution in [-0.4, -0.2) is 34.7 Å². The highest BCUT2D eigenvalue weighted by atomic mass is 19.1. The summed E-state index contributed by atoms with van der Waals surface area (Å²) in [5.74, 6) is -2.52. The lowest BCUT2D eigenvalue weighted by molar-refractivity contribution is -0.143. The van der Waals surface area contributed by atoms with Crippen molar-refractivity contribution in [1.82, 2.24) is 9.80 Å². The van der Waals surface area contributed by atoms with E-state index in [1.807, 2.05) is 6.07 Å². The number of nitrogens with zero attached hydrogens (tertiary/aromatic N) is 3. The van der Waals surface area contributed by atoms with E-state index in [9.17, 15) is 18.8 Å². The Morgan fingerprint density at radius 1 is 1.26 bits per heavy atom. The average Bonchev–Trinajstić information content (AvgIpc) is 2.57. The van der Waals surface area contributed by atoms with Crippen LogP contribution in [0.5, 0.6) is 0 Å². The molecule has 1 heterocycles. The van der Waals surface area contributed by atoms with E-state index >= 15 is 0 Å². The first-order chi connectivity index (χ1) is 8.95. The number of carbonyl (C=O) groups is 3. The number of hydrogen-bond acceptors (Lipinski definition) is 4. The Labute approximate surface area is 107 Å². The number of carbonyl (C=O) groups excluding carboxylic acids is 3. The molecule has 1 aromatic carbocycles. The maximum absolute atomic E-state index is 13.1. The largest absolute Gasteiger partial charge is 0.334 e. The molecule has 0 bridgehead atoms. The van der Waals surface area contributed by atoms with Gasteiger partial charge in [0.2, 0.25) is 0 Å². The van der Waals surface area contributed by atoms with Crippen LogP contribution in [0.15, 0.2) is 18.2 Å². The van der Waals surface area contributed by atoms with Crippen molar-refractivity contribution in [3.63, 3.8) is 0 Å². The first-order valence-corrected chi connectivity index (χ1v) is 5.27. The Hall–Kier alpha value is -2.75. The fourth-order valence-corrected chi connectivity index (χ4v) is 1.73. The van der Waals surface area contributed by atoms with Crippen LogP contribution in [-0.2, 0) is 16.1 Å². The molecule has 1 saturated heterocycles. The summed E-state index contributed by atoms with van der Waals surface area (Å²) in [6.45, 7) is -0.311. The normalized spacial score (nSPS) is 15.1. The molecule has 1 fully saturated rings. The second-order valence-corrected chi connectivity index (χ2v) is 3.95. The zero-order chi connectivity index (χ0) is 14.2. The maximum Gasteiger partial charge on any atom is 0.334 e. The molecule has 96 valence electrons. The number of nitriles is 1. The van der Waals surface area contributed by atoms with Gasteiger partial charge in [0.05, 0.1) is 18.2 Å². The van der Waals surface area contributed by atoms with Crippen LogP contribution in [0, 0.1) is 17.1 Å². The quantitative estimate of drug-likeness (QED) is 0.577. The molecule has 0 radical (unpaired) electrons. The minimum Gasteiger partial charge on any atom is -0.263 e. The van der Waals surface area contributed by atoms with Crippen molar-refractivity contribution in [2.45, 2.75) is 6.54 Å². The van der Waals surface area contributed by atoms with Crippen LogP contribution >= 0.6 is 0 Å². The monoisotopic (exact) mass is 261 g/mol. The summed E-state index contributed by atoms with van der Waals surface area (Å²) in [5, 5.41) is 8.88. The molecule has 0 saturated carbocycles. The molecule has 0 aliphatic carbocycles. The van der Waals surface area contributed by atoms with E-state index in [2.05, 4.69) is 0 Å². The van der Waals surface area contributed by atoms with E-state index in [1.165, 1.54) is 13.1 Å². The zero-order valence-corrected chi connectivity index (χ0v) is 9.88. The molecular formula is C12H8FN3O3. The molecule has 7 heteroatoms. The van der Waals surface area contributed by atoms with Gasteiger partial charge >= 0.3 is 17.8 Å². The molecule has 0 aromatic heterocycles. The van der Waals surface area contributed by atoms with Gasteiger partial charge in [0, 0.05) is 7.05 Å².